The number of aromatic nitrogens is 3. The van der Waals surface area contributed by atoms with Gasteiger partial charge in [-0.05, 0) is 36.8 Å². The lowest BCUT2D eigenvalue weighted by Gasteiger charge is -2.27. The molecule has 0 bridgehead atoms. The summed E-state index contributed by atoms with van der Waals surface area (Å²) in [5.74, 6) is 0.962. The van der Waals surface area contributed by atoms with E-state index in [9.17, 15) is 4.79 Å². The number of methoxy groups -OCH3 is 1. The number of pyridine rings is 1. The number of hydrogen-bond acceptors (Lipinski definition) is 4. The minimum atomic E-state index is -0.253. The second-order valence-electron chi connectivity index (χ2n) is 6.54. The van der Waals surface area contributed by atoms with Gasteiger partial charge < -0.3 is 19.5 Å². The number of imidazole rings is 1. The molecular weight excluding hydrogens is 342 g/mol. The Bertz CT molecular complexity index is 923. The monoisotopic (exact) mass is 367 g/mol. The van der Waals surface area contributed by atoms with E-state index < -0.39 is 0 Å². The molecule has 1 aromatic carbocycles. The molecule has 1 atom stereocenters. The van der Waals surface area contributed by atoms with Gasteiger partial charge in [0.2, 0.25) is 0 Å². The number of aryl methyl sites for hydroxylation is 2. The molecule has 0 aliphatic rings. The van der Waals surface area contributed by atoms with Crippen LogP contribution >= 0.6 is 0 Å². The fourth-order valence-corrected chi connectivity index (χ4v) is 3.05. The van der Waals surface area contributed by atoms with Crippen molar-refractivity contribution in [1.82, 2.24) is 24.8 Å². The SMILES string of the molecule is COC[C@@H](c1ccccn1)N(C)C(=O)NCc1ccc2c(c1)nc(C)n2C. The van der Waals surface area contributed by atoms with Crippen molar-refractivity contribution in [3.63, 3.8) is 0 Å². The van der Waals surface area contributed by atoms with Crippen molar-refractivity contribution in [1.29, 1.82) is 0 Å². The summed E-state index contributed by atoms with van der Waals surface area (Å²) < 4.78 is 7.33. The molecule has 0 spiro atoms. The van der Waals surface area contributed by atoms with Crippen LogP contribution in [0, 0.1) is 6.92 Å². The molecule has 2 aromatic heterocycles. The lowest BCUT2D eigenvalue weighted by Crippen LogP contribution is -2.41. The van der Waals surface area contributed by atoms with Gasteiger partial charge in [-0.15, -0.1) is 0 Å². The Morgan fingerprint density at radius 1 is 1.33 bits per heavy atom. The zero-order valence-corrected chi connectivity index (χ0v) is 16.1. The Morgan fingerprint density at radius 2 is 2.15 bits per heavy atom. The maximum absolute atomic E-state index is 12.6. The predicted molar refractivity (Wildman–Crippen MR) is 104 cm³/mol. The molecule has 3 aromatic rings. The summed E-state index contributed by atoms with van der Waals surface area (Å²) in [6.07, 6.45) is 1.72. The number of ether oxygens (including phenoxy) is 1. The molecule has 0 aliphatic heterocycles. The van der Waals surface area contributed by atoms with Gasteiger partial charge in [0, 0.05) is 33.9 Å². The zero-order valence-electron chi connectivity index (χ0n) is 16.1. The van der Waals surface area contributed by atoms with Gasteiger partial charge in [0.1, 0.15) is 5.82 Å². The largest absolute Gasteiger partial charge is 0.382 e. The molecule has 0 fully saturated rings. The maximum Gasteiger partial charge on any atom is 0.318 e. The van der Waals surface area contributed by atoms with Crippen molar-refractivity contribution in [3.8, 4) is 0 Å². The molecule has 2 heterocycles. The molecule has 0 unspecified atom stereocenters. The lowest BCUT2D eigenvalue weighted by molar-refractivity contribution is 0.114. The summed E-state index contributed by atoms with van der Waals surface area (Å²) in [5.41, 5.74) is 3.81. The summed E-state index contributed by atoms with van der Waals surface area (Å²) in [5, 5.41) is 2.96. The summed E-state index contributed by atoms with van der Waals surface area (Å²) >= 11 is 0. The Kier molecular flexibility index (Phi) is 5.71. The van der Waals surface area contributed by atoms with Crippen LogP contribution in [0.4, 0.5) is 4.79 Å². The molecule has 0 aliphatic carbocycles. The van der Waals surface area contributed by atoms with Crippen LogP contribution in [-0.2, 0) is 18.3 Å². The van der Waals surface area contributed by atoms with E-state index in [-0.39, 0.29) is 12.1 Å². The molecule has 2 amide bonds. The first kappa shape index (κ1) is 18.8. The zero-order chi connectivity index (χ0) is 19.4. The molecule has 142 valence electrons. The minimum Gasteiger partial charge on any atom is -0.382 e. The number of nitrogens with one attached hydrogen (secondary N) is 1. The van der Waals surface area contributed by atoms with Gasteiger partial charge >= 0.3 is 6.03 Å². The Hall–Kier alpha value is -2.93. The number of likely N-dealkylation sites (N-methyl/N-ethyl adjacent to an activating group) is 1. The summed E-state index contributed by atoms with van der Waals surface area (Å²) in [4.78, 5) is 23.2. The molecule has 0 saturated carbocycles. The van der Waals surface area contributed by atoms with Crippen LogP contribution in [-0.4, -0.2) is 46.2 Å². The smallest absolute Gasteiger partial charge is 0.318 e. The predicted octanol–water partition coefficient (Wildman–Crippen LogP) is 2.81. The highest BCUT2D eigenvalue weighted by Gasteiger charge is 2.22. The molecule has 7 nitrogen and oxygen atoms in total. The second kappa shape index (κ2) is 8.18. The number of nitrogens with zero attached hydrogens (tertiary/aromatic N) is 4. The van der Waals surface area contributed by atoms with Crippen LogP contribution in [0.2, 0.25) is 0 Å². The number of rotatable bonds is 6. The van der Waals surface area contributed by atoms with E-state index in [0.29, 0.717) is 13.2 Å². The first-order chi connectivity index (χ1) is 13.0. The van der Waals surface area contributed by atoms with Crippen LogP contribution in [0.25, 0.3) is 11.0 Å². The van der Waals surface area contributed by atoms with Crippen LogP contribution in [0.5, 0.6) is 0 Å². The first-order valence-corrected chi connectivity index (χ1v) is 8.83. The van der Waals surface area contributed by atoms with E-state index in [1.807, 2.05) is 54.9 Å². The van der Waals surface area contributed by atoms with Gasteiger partial charge in [-0.25, -0.2) is 9.78 Å². The lowest BCUT2D eigenvalue weighted by atomic mass is 10.1. The van der Waals surface area contributed by atoms with Crippen LogP contribution in [0.3, 0.4) is 0 Å². The van der Waals surface area contributed by atoms with Gasteiger partial charge in [-0.3, -0.25) is 4.98 Å². The minimum absolute atomic E-state index is 0.181. The fourth-order valence-electron chi connectivity index (χ4n) is 3.05. The van der Waals surface area contributed by atoms with Crippen molar-refractivity contribution < 1.29 is 9.53 Å². The highest BCUT2D eigenvalue weighted by atomic mass is 16.5. The van der Waals surface area contributed by atoms with E-state index in [4.69, 9.17) is 4.74 Å². The number of hydrogen-bond donors (Lipinski definition) is 1. The Morgan fingerprint density at radius 3 is 2.85 bits per heavy atom. The van der Waals surface area contributed by atoms with Gasteiger partial charge in [0.05, 0.1) is 29.4 Å². The molecule has 1 N–H and O–H groups in total. The normalized spacial score (nSPS) is 12.1. The molecule has 7 heteroatoms. The molecular formula is C20H25N5O2. The van der Waals surface area contributed by atoms with Crippen molar-refractivity contribution >= 4 is 17.1 Å². The van der Waals surface area contributed by atoms with Crippen molar-refractivity contribution in [2.24, 2.45) is 7.05 Å². The van der Waals surface area contributed by atoms with Crippen LogP contribution in [0.15, 0.2) is 42.6 Å². The number of carbonyl (C=O) groups excluding carboxylic acids is 1. The first-order valence-electron chi connectivity index (χ1n) is 8.83. The fraction of sp³-hybridized carbons (Fsp3) is 0.350. The maximum atomic E-state index is 12.6. The van der Waals surface area contributed by atoms with Crippen molar-refractivity contribution in [2.45, 2.75) is 19.5 Å². The molecule has 0 saturated heterocycles. The molecule has 3 rings (SSSR count). The molecule has 27 heavy (non-hydrogen) atoms. The third-order valence-electron chi connectivity index (χ3n) is 4.75. The molecule has 0 radical (unpaired) electrons. The topological polar surface area (TPSA) is 72.3 Å². The van der Waals surface area contributed by atoms with E-state index in [0.717, 1.165) is 28.1 Å². The number of amides is 2. The van der Waals surface area contributed by atoms with E-state index in [2.05, 4.69) is 15.3 Å². The number of fused-ring (bicyclic) bond motifs is 1. The summed E-state index contributed by atoms with van der Waals surface area (Å²) in [7, 11) is 5.36. The third-order valence-corrected chi connectivity index (χ3v) is 4.75. The van der Waals surface area contributed by atoms with Gasteiger partial charge in [0.15, 0.2) is 0 Å². The summed E-state index contributed by atoms with van der Waals surface area (Å²) in [6.45, 7) is 2.78. The van der Waals surface area contributed by atoms with Crippen LogP contribution < -0.4 is 5.32 Å². The highest BCUT2D eigenvalue weighted by molar-refractivity contribution is 5.77. The average Bonchev–Trinajstić information content (AvgIpc) is 2.97. The quantitative estimate of drug-likeness (QED) is 0.727. The second-order valence-corrected chi connectivity index (χ2v) is 6.54. The number of urea groups is 1. The van der Waals surface area contributed by atoms with Crippen molar-refractivity contribution in [3.05, 3.63) is 59.7 Å². The van der Waals surface area contributed by atoms with E-state index in [1.54, 1.807) is 25.3 Å². The number of benzene rings is 1. The third kappa shape index (κ3) is 4.09. The highest BCUT2D eigenvalue weighted by Crippen LogP contribution is 2.19. The van der Waals surface area contributed by atoms with Gasteiger partial charge in [-0.2, -0.15) is 0 Å². The Labute approximate surface area is 159 Å². The number of carbonyl (C=O) groups is 1. The van der Waals surface area contributed by atoms with Crippen molar-refractivity contribution in [2.75, 3.05) is 20.8 Å². The van der Waals surface area contributed by atoms with E-state index >= 15 is 0 Å². The Balaban J connectivity index is 1.68. The van der Waals surface area contributed by atoms with Gasteiger partial charge in [-0.1, -0.05) is 12.1 Å². The van der Waals surface area contributed by atoms with Crippen LogP contribution in [0.1, 0.15) is 23.1 Å². The summed E-state index contributed by atoms with van der Waals surface area (Å²) in [6, 6.07) is 11.3. The standard InChI is InChI=1S/C20H25N5O2/c1-14-23-17-11-15(8-9-18(17)24(14)2)12-22-20(26)25(3)19(13-27-4)16-7-5-6-10-21-16/h5-11,19H,12-13H2,1-4H3,(H,22,26)/t19-/m0/s1. The van der Waals surface area contributed by atoms with E-state index in [1.165, 1.54) is 0 Å². The van der Waals surface area contributed by atoms with Gasteiger partial charge in [0.25, 0.3) is 0 Å². The average molecular weight is 367 g/mol.